The molecule has 0 spiro atoms. The van der Waals surface area contributed by atoms with Crippen LogP contribution < -0.4 is 16.0 Å². The summed E-state index contributed by atoms with van der Waals surface area (Å²) in [4.78, 5) is 26.2. The lowest BCUT2D eigenvalue weighted by molar-refractivity contribution is 0.0690. The number of urea groups is 1. The molecule has 0 atom stereocenters. The van der Waals surface area contributed by atoms with E-state index < -0.39 is 0 Å². The summed E-state index contributed by atoms with van der Waals surface area (Å²) in [5.74, 6) is 0.732. The number of carbonyl (C=O) groups excluding carboxylic acids is 2. The van der Waals surface area contributed by atoms with Crippen molar-refractivity contribution < 1.29 is 9.59 Å². The highest BCUT2D eigenvalue weighted by Gasteiger charge is 2.23. The van der Waals surface area contributed by atoms with E-state index in [1.165, 1.54) is 0 Å². The zero-order chi connectivity index (χ0) is 18.2. The number of carbonyl (C=O) groups is 2. The number of anilines is 1. The van der Waals surface area contributed by atoms with E-state index in [9.17, 15) is 9.59 Å². The van der Waals surface area contributed by atoms with E-state index in [0.717, 1.165) is 39.0 Å². The fourth-order valence-corrected chi connectivity index (χ4v) is 3.00. The highest BCUT2D eigenvalue weighted by molar-refractivity contribution is 5.95. The van der Waals surface area contributed by atoms with Gasteiger partial charge in [-0.05, 0) is 70.0 Å². The SMILES string of the molecule is CCNCC1CCN(C(=O)c2ccc(NC(=O)NC(C)C)cc2)CC1. The second-order valence-electron chi connectivity index (χ2n) is 6.87. The third-order valence-corrected chi connectivity index (χ3v) is 4.39. The Morgan fingerprint density at radius 2 is 1.80 bits per heavy atom. The lowest BCUT2D eigenvalue weighted by Gasteiger charge is -2.32. The molecule has 1 saturated heterocycles. The predicted octanol–water partition coefficient (Wildman–Crippen LogP) is 2.68. The Morgan fingerprint density at radius 3 is 2.36 bits per heavy atom. The smallest absolute Gasteiger partial charge is 0.319 e. The first-order valence-corrected chi connectivity index (χ1v) is 9.17. The van der Waals surface area contributed by atoms with Crippen molar-refractivity contribution in [2.24, 2.45) is 5.92 Å². The van der Waals surface area contributed by atoms with Crippen LogP contribution in [0.5, 0.6) is 0 Å². The van der Waals surface area contributed by atoms with Crippen LogP contribution in [-0.4, -0.2) is 49.1 Å². The van der Waals surface area contributed by atoms with Gasteiger partial charge in [0, 0.05) is 30.4 Å². The fourth-order valence-electron chi connectivity index (χ4n) is 3.00. The molecular weight excluding hydrogens is 316 g/mol. The molecule has 0 bridgehead atoms. The van der Waals surface area contributed by atoms with E-state index in [0.29, 0.717) is 17.2 Å². The summed E-state index contributed by atoms with van der Waals surface area (Å²) in [6, 6.07) is 6.93. The number of rotatable bonds is 6. The van der Waals surface area contributed by atoms with E-state index in [2.05, 4.69) is 22.9 Å². The predicted molar refractivity (Wildman–Crippen MR) is 101 cm³/mol. The molecule has 25 heavy (non-hydrogen) atoms. The summed E-state index contributed by atoms with van der Waals surface area (Å²) in [6.45, 7) is 9.58. The summed E-state index contributed by atoms with van der Waals surface area (Å²) in [5, 5.41) is 8.92. The summed E-state index contributed by atoms with van der Waals surface area (Å²) >= 11 is 0. The van der Waals surface area contributed by atoms with Crippen LogP contribution in [-0.2, 0) is 0 Å². The topological polar surface area (TPSA) is 73.5 Å². The number of amides is 3. The Labute approximate surface area is 150 Å². The van der Waals surface area contributed by atoms with Gasteiger partial charge in [-0.2, -0.15) is 0 Å². The van der Waals surface area contributed by atoms with E-state index >= 15 is 0 Å². The number of nitrogens with zero attached hydrogens (tertiary/aromatic N) is 1. The molecule has 0 aliphatic carbocycles. The van der Waals surface area contributed by atoms with Crippen LogP contribution in [0.3, 0.4) is 0 Å². The minimum atomic E-state index is -0.239. The van der Waals surface area contributed by atoms with Gasteiger partial charge in [0.2, 0.25) is 0 Å². The molecule has 1 aromatic rings. The normalized spacial score (nSPS) is 15.3. The van der Waals surface area contributed by atoms with Gasteiger partial charge in [-0.3, -0.25) is 4.79 Å². The Morgan fingerprint density at radius 1 is 1.16 bits per heavy atom. The zero-order valence-electron chi connectivity index (χ0n) is 15.5. The molecule has 6 heteroatoms. The van der Waals surface area contributed by atoms with Crippen LogP contribution in [0.2, 0.25) is 0 Å². The van der Waals surface area contributed by atoms with Crippen LogP contribution in [0.1, 0.15) is 44.0 Å². The molecule has 0 unspecified atom stereocenters. The molecule has 3 amide bonds. The summed E-state index contributed by atoms with van der Waals surface area (Å²) in [6.07, 6.45) is 2.10. The average Bonchev–Trinajstić information content (AvgIpc) is 2.59. The molecule has 1 aliphatic heterocycles. The van der Waals surface area contributed by atoms with Crippen molar-refractivity contribution >= 4 is 17.6 Å². The van der Waals surface area contributed by atoms with Crippen molar-refractivity contribution in [3.8, 4) is 0 Å². The molecule has 1 aliphatic rings. The van der Waals surface area contributed by atoms with Crippen molar-refractivity contribution in [2.75, 3.05) is 31.5 Å². The van der Waals surface area contributed by atoms with Crippen LogP contribution in [0.4, 0.5) is 10.5 Å². The first-order valence-electron chi connectivity index (χ1n) is 9.17. The van der Waals surface area contributed by atoms with Gasteiger partial charge >= 0.3 is 6.03 Å². The maximum absolute atomic E-state index is 12.6. The molecule has 1 heterocycles. The largest absolute Gasteiger partial charge is 0.339 e. The summed E-state index contributed by atoms with van der Waals surface area (Å²) in [7, 11) is 0. The molecule has 1 fully saturated rings. The van der Waals surface area contributed by atoms with Crippen molar-refractivity contribution in [3.05, 3.63) is 29.8 Å². The van der Waals surface area contributed by atoms with Crippen molar-refractivity contribution in [1.29, 1.82) is 0 Å². The molecule has 0 radical (unpaired) electrons. The Kier molecular flexibility index (Phi) is 7.25. The second kappa shape index (κ2) is 9.42. The summed E-state index contributed by atoms with van der Waals surface area (Å²) < 4.78 is 0. The van der Waals surface area contributed by atoms with E-state index in [1.54, 1.807) is 24.3 Å². The number of hydrogen-bond acceptors (Lipinski definition) is 3. The lowest BCUT2D eigenvalue weighted by atomic mass is 9.96. The number of nitrogens with one attached hydrogen (secondary N) is 3. The highest BCUT2D eigenvalue weighted by atomic mass is 16.2. The molecule has 2 rings (SSSR count). The molecule has 6 nitrogen and oxygen atoms in total. The Hall–Kier alpha value is -2.08. The monoisotopic (exact) mass is 346 g/mol. The van der Waals surface area contributed by atoms with Crippen LogP contribution in [0.25, 0.3) is 0 Å². The Balaban J connectivity index is 1.85. The van der Waals surface area contributed by atoms with Gasteiger partial charge in [-0.1, -0.05) is 6.92 Å². The van der Waals surface area contributed by atoms with Crippen molar-refractivity contribution in [2.45, 2.75) is 39.7 Å². The van der Waals surface area contributed by atoms with Crippen LogP contribution in [0.15, 0.2) is 24.3 Å². The first-order chi connectivity index (χ1) is 12.0. The fraction of sp³-hybridized carbons (Fsp3) is 0.579. The molecule has 138 valence electrons. The second-order valence-corrected chi connectivity index (χ2v) is 6.87. The number of piperidine rings is 1. The van der Waals surface area contributed by atoms with E-state index in [-0.39, 0.29) is 18.0 Å². The molecule has 0 saturated carbocycles. The van der Waals surface area contributed by atoms with E-state index in [4.69, 9.17) is 0 Å². The van der Waals surface area contributed by atoms with Gasteiger partial charge in [-0.15, -0.1) is 0 Å². The van der Waals surface area contributed by atoms with Crippen LogP contribution in [0, 0.1) is 5.92 Å². The van der Waals surface area contributed by atoms with Gasteiger partial charge in [0.05, 0.1) is 0 Å². The third kappa shape index (κ3) is 6.05. The number of benzene rings is 1. The minimum absolute atomic E-state index is 0.0695. The van der Waals surface area contributed by atoms with Crippen molar-refractivity contribution in [1.82, 2.24) is 15.5 Å². The van der Waals surface area contributed by atoms with Gasteiger partial charge in [-0.25, -0.2) is 4.79 Å². The molecular formula is C19H30N4O2. The van der Waals surface area contributed by atoms with Gasteiger partial charge in [0.25, 0.3) is 5.91 Å². The Bertz CT molecular complexity index is 563. The minimum Gasteiger partial charge on any atom is -0.339 e. The van der Waals surface area contributed by atoms with Crippen LogP contribution >= 0.6 is 0 Å². The third-order valence-electron chi connectivity index (χ3n) is 4.39. The highest BCUT2D eigenvalue weighted by Crippen LogP contribution is 2.19. The average molecular weight is 346 g/mol. The number of hydrogen-bond donors (Lipinski definition) is 3. The summed E-state index contributed by atoms with van der Waals surface area (Å²) in [5.41, 5.74) is 1.35. The quantitative estimate of drug-likeness (QED) is 0.741. The van der Waals surface area contributed by atoms with Gasteiger partial charge in [0.1, 0.15) is 0 Å². The number of likely N-dealkylation sites (tertiary alicyclic amines) is 1. The maximum atomic E-state index is 12.6. The zero-order valence-corrected chi connectivity index (χ0v) is 15.5. The lowest BCUT2D eigenvalue weighted by Crippen LogP contribution is -2.40. The molecule has 0 aromatic heterocycles. The standard InChI is InChI=1S/C19H30N4O2/c1-4-20-13-15-9-11-23(12-10-15)18(24)16-5-7-17(8-6-16)22-19(25)21-14(2)3/h5-8,14-15,20H,4,9-13H2,1-3H3,(H2,21,22,25). The van der Waals surface area contributed by atoms with Gasteiger partial charge in [0.15, 0.2) is 0 Å². The van der Waals surface area contributed by atoms with Gasteiger partial charge < -0.3 is 20.9 Å². The first kappa shape index (κ1) is 19.2. The van der Waals surface area contributed by atoms with E-state index in [1.807, 2.05) is 18.7 Å². The van der Waals surface area contributed by atoms with Crippen molar-refractivity contribution in [3.63, 3.8) is 0 Å². The molecule has 3 N–H and O–H groups in total. The maximum Gasteiger partial charge on any atom is 0.319 e. The molecule has 1 aromatic carbocycles.